The van der Waals surface area contributed by atoms with Gasteiger partial charge in [0.1, 0.15) is 30.5 Å². The quantitative estimate of drug-likeness (QED) is 0.248. The molecule has 0 radical (unpaired) electrons. The van der Waals surface area contributed by atoms with Gasteiger partial charge in [-0.1, -0.05) is 0 Å². The van der Waals surface area contributed by atoms with Crippen LogP contribution in [0.5, 0.6) is 0 Å². The maximum Gasteiger partial charge on any atom is 0.213 e. The average Bonchev–Trinajstić information content (AvgIpc) is 2.38. The summed E-state index contributed by atoms with van der Waals surface area (Å²) in [5.74, 6) is -2.60. The van der Waals surface area contributed by atoms with Gasteiger partial charge in [-0.15, -0.1) is 0 Å². The summed E-state index contributed by atoms with van der Waals surface area (Å²) < 4.78 is 4.85. The monoisotopic (exact) mass is 269 g/mol. The standard InChI is InChI=1S/C9H19NO8/c10-7-6(15)5(14)4(2-12)18-9(7,17)8(16)3(13)1-11/h3-8,11-17H,1-2,10H2/t3?,4-,5-,6+,7-,8?,9-/m1/s1. The van der Waals surface area contributed by atoms with Crippen LogP contribution in [0.2, 0.25) is 0 Å². The van der Waals surface area contributed by atoms with E-state index in [0.29, 0.717) is 0 Å². The number of hydrogen-bond acceptors (Lipinski definition) is 9. The zero-order valence-corrected chi connectivity index (χ0v) is 9.49. The van der Waals surface area contributed by atoms with E-state index in [0.717, 1.165) is 0 Å². The number of aliphatic hydroxyl groups excluding tert-OH is 6. The predicted molar refractivity (Wildman–Crippen MR) is 56.0 cm³/mol. The SMILES string of the molecule is N[C@@H]1[C@@H](O)[C@H](O)[C@@H](CO)O[C@@]1(O)C(O)C(O)CO. The van der Waals surface area contributed by atoms with Gasteiger partial charge in [0.05, 0.1) is 19.3 Å². The Balaban J connectivity index is 2.98. The summed E-state index contributed by atoms with van der Waals surface area (Å²) in [5, 5.41) is 65.7. The third-order valence-electron chi connectivity index (χ3n) is 3.07. The number of rotatable bonds is 4. The molecule has 1 saturated heterocycles. The number of ether oxygens (including phenoxy) is 1. The lowest BCUT2D eigenvalue weighted by Crippen LogP contribution is -2.73. The van der Waals surface area contributed by atoms with E-state index in [1.165, 1.54) is 0 Å². The van der Waals surface area contributed by atoms with Gasteiger partial charge in [-0.05, 0) is 0 Å². The highest BCUT2D eigenvalue weighted by molar-refractivity contribution is 5.03. The molecular formula is C9H19NO8. The van der Waals surface area contributed by atoms with E-state index in [1.54, 1.807) is 0 Å². The highest BCUT2D eigenvalue weighted by atomic mass is 16.7. The van der Waals surface area contributed by atoms with Gasteiger partial charge in [0.25, 0.3) is 0 Å². The minimum absolute atomic E-state index is 0.741. The fraction of sp³-hybridized carbons (Fsp3) is 1.00. The molecule has 0 aromatic heterocycles. The largest absolute Gasteiger partial charge is 0.394 e. The van der Waals surface area contributed by atoms with Crippen molar-refractivity contribution in [3.05, 3.63) is 0 Å². The lowest BCUT2D eigenvalue weighted by molar-refractivity contribution is -0.354. The molecule has 9 heteroatoms. The molecule has 2 unspecified atom stereocenters. The molecule has 0 aliphatic carbocycles. The van der Waals surface area contributed by atoms with Gasteiger partial charge < -0.3 is 46.2 Å². The van der Waals surface area contributed by atoms with Crippen molar-refractivity contribution >= 4 is 0 Å². The highest BCUT2D eigenvalue weighted by Gasteiger charge is 2.56. The Morgan fingerprint density at radius 1 is 1.17 bits per heavy atom. The van der Waals surface area contributed by atoms with Crippen LogP contribution in [0.25, 0.3) is 0 Å². The van der Waals surface area contributed by atoms with Crippen LogP contribution in [-0.4, -0.2) is 91.3 Å². The molecule has 0 spiro atoms. The first-order valence-corrected chi connectivity index (χ1v) is 5.39. The summed E-state index contributed by atoms with van der Waals surface area (Å²) >= 11 is 0. The Morgan fingerprint density at radius 3 is 2.17 bits per heavy atom. The van der Waals surface area contributed by atoms with Gasteiger partial charge in [0, 0.05) is 0 Å². The molecule has 7 atom stereocenters. The molecular weight excluding hydrogens is 250 g/mol. The lowest BCUT2D eigenvalue weighted by Gasteiger charge is -2.48. The maximum atomic E-state index is 10.0. The highest BCUT2D eigenvalue weighted by Crippen LogP contribution is 2.30. The molecule has 18 heavy (non-hydrogen) atoms. The van der Waals surface area contributed by atoms with Gasteiger partial charge in [-0.25, -0.2) is 0 Å². The van der Waals surface area contributed by atoms with Crippen molar-refractivity contribution in [3.63, 3.8) is 0 Å². The van der Waals surface area contributed by atoms with Crippen molar-refractivity contribution in [2.24, 2.45) is 5.73 Å². The second-order valence-electron chi connectivity index (χ2n) is 4.29. The van der Waals surface area contributed by atoms with E-state index in [1.807, 2.05) is 0 Å². The van der Waals surface area contributed by atoms with Gasteiger partial charge in [0.15, 0.2) is 0 Å². The fourth-order valence-electron chi connectivity index (χ4n) is 1.86. The second-order valence-corrected chi connectivity index (χ2v) is 4.29. The van der Waals surface area contributed by atoms with Crippen LogP contribution >= 0.6 is 0 Å². The summed E-state index contributed by atoms with van der Waals surface area (Å²) in [5.41, 5.74) is 5.44. The summed E-state index contributed by atoms with van der Waals surface area (Å²) in [6, 6.07) is -1.63. The minimum atomic E-state index is -2.60. The summed E-state index contributed by atoms with van der Waals surface area (Å²) in [6.07, 6.45) is -8.40. The van der Waals surface area contributed by atoms with Gasteiger partial charge in [-0.3, -0.25) is 0 Å². The first kappa shape index (κ1) is 15.7. The topological polar surface area (TPSA) is 177 Å². The van der Waals surface area contributed by atoms with Crippen LogP contribution in [0.3, 0.4) is 0 Å². The molecule has 108 valence electrons. The molecule has 1 heterocycles. The van der Waals surface area contributed by atoms with Crippen molar-refractivity contribution in [3.8, 4) is 0 Å². The lowest BCUT2D eigenvalue weighted by atomic mass is 9.86. The number of nitrogens with two attached hydrogens (primary N) is 1. The average molecular weight is 269 g/mol. The summed E-state index contributed by atoms with van der Waals surface area (Å²) in [4.78, 5) is 0. The second kappa shape index (κ2) is 5.74. The fourth-order valence-corrected chi connectivity index (χ4v) is 1.86. The molecule has 0 saturated carbocycles. The van der Waals surface area contributed by atoms with Crippen LogP contribution in [0.15, 0.2) is 0 Å². The molecule has 0 bridgehead atoms. The van der Waals surface area contributed by atoms with E-state index in [9.17, 15) is 25.5 Å². The molecule has 1 aliphatic rings. The van der Waals surface area contributed by atoms with E-state index >= 15 is 0 Å². The van der Waals surface area contributed by atoms with Crippen molar-refractivity contribution in [1.29, 1.82) is 0 Å². The first-order valence-electron chi connectivity index (χ1n) is 5.39. The molecule has 9 N–H and O–H groups in total. The van der Waals surface area contributed by atoms with E-state index in [-0.39, 0.29) is 0 Å². The smallest absolute Gasteiger partial charge is 0.213 e. The van der Waals surface area contributed by atoms with Gasteiger partial charge >= 0.3 is 0 Å². The number of aliphatic hydroxyl groups is 7. The molecule has 9 nitrogen and oxygen atoms in total. The van der Waals surface area contributed by atoms with Crippen LogP contribution in [0, 0.1) is 0 Å². The first-order chi connectivity index (χ1) is 8.29. The van der Waals surface area contributed by atoms with Crippen molar-refractivity contribution < 1.29 is 40.5 Å². The third-order valence-corrected chi connectivity index (χ3v) is 3.07. The molecule has 0 aromatic rings. The van der Waals surface area contributed by atoms with Crippen molar-refractivity contribution in [1.82, 2.24) is 0 Å². The molecule has 0 aromatic carbocycles. The van der Waals surface area contributed by atoms with Crippen molar-refractivity contribution in [2.45, 2.75) is 42.3 Å². The van der Waals surface area contributed by atoms with Crippen LogP contribution in [0.1, 0.15) is 0 Å². The Bertz CT molecular complexity index is 271. The Hall–Kier alpha value is -0.360. The molecule has 1 rings (SSSR count). The zero-order valence-electron chi connectivity index (χ0n) is 9.49. The number of hydrogen-bond donors (Lipinski definition) is 8. The summed E-state index contributed by atoms with van der Waals surface area (Å²) in [6.45, 7) is -1.61. The molecule has 0 amide bonds. The Kier molecular flexibility index (Phi) is 5.00. The van der Waals surface area contributed by atoms with E-state index in [4.69, 9.17) is 20.7 Å². The molecule has 1 fully saturated rings. The minimum Gasteiger partial charge on any atom is -0.394 e. The maximum absolute atomic E-state index is 10.0. The van der Waals surface area contributed by atoms with Gasteiger partial charge in [-0.2, -0.15) is 0 Å². The van der Waals surface area contributed by atoms with Crippen molar-refractivity contribution in [2.75, 3.05) is 13.2 Å². The van der Waals surface area contributed by atoms with Crippen LogP contribution in [-0.2, 0) is 4.74 Å². The van der Waals surface area contributed by atoms with Crippen LogP contribution < -0.4 is 5.73 Å². The third kappa shape index (κ3) is 2.50. The van der Waals surface area contributed by atoms with E-state index < -0.39 is 55.6 Å². The predicted octanol–water partition coefficient (Wildman–Crippen LogP) is -5.17. The van der Waals surface area contributed by atoms with Gasteiger partial charge in [0.2, 0.25) is 5.79 Å². The summed E-state index contributed by atoms with van der Waals surface area (Å²) in [7, 11) is 0. The van der Waals surface area contributed by atoms with E-state index in [2.05, 4.69) is 0 Å². The molecule has 1 aliphatic heterocycles. The van der Waals surface area contributed by atoms with Crippen LogP contribution in [0.4, 0.5) is 0 Å². The zero-order chi connectivity index (χ0) is 14.1. The Morgan fingerprint density at radius 2 is 1.72 bits per heavy atom. The Labute approximate surface area is 103 Å². The normalized spacial score (nSPS) is 44.7.